The first-order chi connectivity index (χ1) is 8.13. The number of likely N-dealkylation sites (N-methyl/N-ethyl adjacent to an activating group) is 1. The van der Waals surface area contributed by atoms with Crippen molar-refractivity contribution in [3.63, 3.8) is 0 Å². The number of nitrogens with one attached hydrogen (secondary N) is 1. The minimum atomic E-state index is 0.578. The molecule has 17 heavy (non-hydrogen) atoms. The lowest BCUT2D eigenvalue weighted by Crippen LogP contribution is -2.40. The van der Waals surface area contributed by atoms with Crippen molar-refractivity contribution < 1.29 is 0 Å². The summed E-state index contributed by atoms with van der Waals surface area (Å²) in [6.45, 7) is 8.92. The van der Waals surface area contributed by atoms with Gasteiger partial charge in [0.05, 0.1) is 0 Å². The molecule has 98 valence electrons. The second-order valence-electron chi connectivity index (χ2n) is 4.99. The maximum Gasteiger partial charge on any atom is 0.0242 e. The Kier molecular flexibility index (Phi) is 6.78. The molecule has 1 aromatic rings. The van der Waals surface area contributed by atoms with Gasteiger partial charge in [-0.15, -0.1) is 0 Å². The minimum absolute atomic E-state index is 0.578. The molecule has 0 amide bonds. The van der Waals surface area contributed by atoms with Gasteiger partial charge in [0.25, 0.3) is 0 Å². The van der Waals surface area contributed by atoms with Crippen LogP contribution in [0.15, 0.2) is 16.8 Å². The molecule has 0 aliphatic heterocycles. The van der Waals surface area contributed by atoms with Crippen LogP contribution in [-0.4, -0.2) is 30.6 Å². The largest absolute Gasteiger partial charge is 0.313 e. The Hall–Kier alpha value is -0.380. The topological polar surface area (TPSA) is 15.3 Å². The normalized spacial score (nSPS) is 15.1. The molecule has 0 radical (unpaired) electrons. The van der Waals surface area contributed by atoms with Crippen molar-refractivity contribution in [2.75, 3.05) is 13.6 Å². The van der Waals surface area contributed by atoms with E-state index in [4.69, 9.17) is 0 Å². The summed E-state index contributed by atoms with van der Waals surface area (Å²) < 4.78 is 0. The molecule has 2 unspecified atom stereocenters. The fourth-order valence-corrected chi connectivity index (χ4v) is 2.55. The van der Waals surface area contributed by atoms with Crippen LogP contribution in [0, 0.1) is 0 Å². The van der Waals surface area contributed by atoms with Gasteiger partial charge in [0, 0.05) is 25.2 Å². The summed E-state index contributed by atoms with van der Waals surface area (Å²) in [5.74, 6) is 0. The summed E-state index contributed by atoms with van der Waals surface area (Å²) >= 11 is 1.78. The monoisotopic (exact) mass is 254 g/mol. The van der Waals surface area contributed by atoms with Crippen molar-refractivity contribution in [2.24, 2.45) is 0 Å². The highest BCUT2D eigenvalue weighted by atomic mass is 32.1. The molecule has 1 N–H and O–H groups in total. The quantitative estimate of drug-likeness (QED) is 0.765. The number of thiophene rings is 1. The van der Waals surface area contributed by atoms with Gasteiger partial charge >= 0.3 is 0 Å². The van der Waals surface area contributed by atoms with Gasteiger partial charge in [-0.2, -0.15) is 11.3 Å². The molecule has 0 aromatic carbocycles. The molecule has 0 bridgehead atoms. The average Bonchev–Trinajstić information content (AvgIpc) is 2.79. The molecule has 1 rings (SSSR count). The maximum atomic E-state index is 3.60. The standard InChI is InChI=1S/C14H26N2S/c1-5-6-12(2)15-9-13(3)16(4)10-14-7-8-17-11-14/h7-8,11-13,15H,5-6,9-10H2,1-4H3. The third-order valence-corrected chi connectivity index (χ3v) is 3.98. The fourth-order valence-electron chi connectivity index (χ4n) is 1.89. The van der Waals surface area contributed by atoms with Crippen LogP contribution >= 0.6 is 11.3 Å². The summed E-state index contributed by atoms with van der Waals surface area (Å²) in [5, 5.41) is 7.99. The molecular formula is C14H26N2S. The Labute approximate surface area is 110 Å². The van der Waals surface area contributed by atoms with Crippen LogP contribution in [0.2, 0.25) is 0 Å². The van der Waals surface area contributed by atoms with E-state index in [2.05, 4.69) is 54.9 Å². The second-order valence-corrected chi connectivity index (χ2v) is 5.77. The van der Waals surface area contributed by atoms with E-state index in [1.807, 2.05) is 0 Å². The fraction of sp³-hybridized carbons (Fsp3) is 0.714. The first kappa shape index (κ1) is 14.7. The first-order valence-corrected chi connectivity index (χ1v) is 7.52. The molecule has 2 nitrogen and oxygen atoms in total. The van der Waals surface area contributed by atoms with Gasteiger partial charge in [0.15, 0.2) is 0 Å². The number of hydrogen-bond acceptors (Lipinski definition) is 3. The number of rotatable bonds is 8. The molecule has 0 fully saturated rings. The Balaban J connectivity index is 2.24. The first-order valence-electron chi connectivity index (χ1n) is 6.58. The molecule has 0 aliphatic rings. The van der Waals surface area contributed by atoms with E-state index >= 15 is 0 Å². The average molecular weight is 254 g/mol. The molecule has 0 aliphatic carbocycles. The maximum absolute atomic E-state index is 3.60. The SMILES string of the molecule is CCCC(C)NCC(C)N(C)Cc1ccsc1. The molecule has 0 saturated carbocycles. The lowest BCUT2D eigenvalue weighted by Gasteiger charge is -2.26. The van der Waals surface area contributed by atoms with Gasteiger partial charge in [-0.05, 0) is 49.7 Å². The Bertz CT molecular complexity index is 284. The van der Waals surface area contributed by atoms with E-state index < -0.39 is 0 Å². The summed E-state index contributed by atoms with van der Waals surface area (Å²) in [7, 11) is 2.20. The zero-order chi connectivity index (χ0) is 12.7. The predicted molar refractivity (Wildman–Crippen MR) is 77.6 cm³/mol. The summed E-state index contributed by atoms with van der Waals surface area (Å²) in [6, 6.07) is 3.42. The molecule has 2 atom stereocenters. The summed E-state index contributed by atoms with van der Waals surface area (Å²) in [5.41, 5.74) is 1.42. The van der Waals surface area contributed by atoms with E-state index in [-0.39, 0.29) is 0 Å². The number of nitrogens with zero attached hydrogens (tertiary/aromatic N) is 1. The van der Waals surface area contributed by atoms with Gasteiger partial charge in [-0.3, -0.25) is 4.90 Å². The Morgan fingerprint density at radius 3 is 2.76 bits per heavy atom. The Morgan fingerprint density at radius 1 is 1.41 bits per heavy atom. The van der Waals surface area contributed by atoms with E-state index in [0.29, 0.717) is 12.1 Å². The van der Waals surface area contributed by atoms with Crippen LogP contribution in [0.5, 0.6) is 0 Å². The van der Waals surface area contributed by atoms with Gasteiger partial charge < -0.3 is 5.32 Å². The second kappa shape index (κ2) is 7.85. The van der Waals surface area contributed by atoms with Crippen molar-refractivity contribution in [3.05, 3.63) is 22.4 Å². The van der Waals surface area contributed by atoms with Crippen LogP contribution in [-0.2, 0) is 6.54 Å². The Morgan fingerprint density at radius 2 is 2.18 bits per heavy atom. The summed E-state index contributed by atoms with van der Waals surface area (Å²) in [4.78, 5) is 2.41. The van der Waals surface area contributed by atoms with Crippen molar-refractivity contribution in [1.29, 1.82) is 0 Å². The van der Waals surface area contributed by atoms with Gasteiger partial charge in [-0.1, -0.05) is 13.3 Å². The molecule has 1 aromatic heterocycles. The molecule has 0 spiro atoms. The van der Waals surface area contributed by atoms with Crippen molar-refractivity contribution in [1.82, 2.24) is 10.2 Å². The van der Waals surface area contributed by atoms with Crippen LogP contribution in [0.3, 0.4) is 0 Å². The van der Waals surface area contributed by atoms with Crippen molar-refractivity contribution in [3.8, 4) is 0 Å². The van der Waals surface area contributed by atoms with Crippen molar-refractivity contribution in [2.45, 2.75) is 52.2 Å². The van der Waals surface area contributed by atoms with E-state index in [0.717, 1.165) is 13.1 Å². The molecule has 3 heteroatoms. The van der Waals surface area contributed by atoms with E-state index in [1.165, 1.54) is 18.4 Å². The summed E-state index contributed by atoms with van der Waals surface area (Å²) in [6.07, 6.45) is 2.52. The van der Waals surface area contributed by atoms with Crippen LogP contribution in [0.4, 0.5) is 0 Å². The van der Waals surface area contributed by atoms with E-state index in [9.17, 15) is 0 Å². The van der Waals surface area contributed by atoms with E-state index in [1.54, 1.807) is 11.3 Å². The lowest BCUT2D eigenvalue weighted by atomic mass is 10.2. The highest BCUT2D eigenvalue weighted by Crippen LogP contribution is 2.10. The zero-order valence-electron chi connectivity index (χ0n) is 11.6. The van der Waals surface area contributed by atoms with Gasteiger partial charge in [0.1, 0.15) is 0 Å². The third kappa shape index (κ3) is 5.66. The van der Waals surface area contributed by atoms with Crippen LogP contribution < -0.4 is 5.32 Å². The molecule has 0 saturated heterocycles. The van der Waals surface area contributed by atoms with Crippen molar-refractivity contribution >= 4 is 11.3 Å². The van der Waals surface area contributed by atoms with Crippen LogP contribution in [0.25, 0.3) is 0 Å². The van der Waals surface area contributed by atoms with Gasteiger partial charge in [-0.25, -0.2) is 0 Å². The molecular weight excluding hydrogens is 228 g/mol. The highest BCUT2D eigenvalue weighted by molar-refractivity contribution is 7.07. The number of hydrogen-bond donors (Lipinski definition) is 1. The predicted octanol–water partition coefficient (Wildman–Crippen LogP) is 3.35. The minimum Gasteiger partial charge on any atom is -0.313 e. The third-order valence-electron chi connectivity index (χ3n) is 3.25. The van der Waals surface area contributed by atoms with Crippen LogP contribution in [0.1, 0.15) is 39.2 Å². The lowest BCUT2D eigenvalue weighted by molar-refractivity contribution is 0.237. The zero-order valence-corrected chi connectivity index (χ0v) is 12.4. The van der Waals surface area contributed by atoms with Gasteiger partial charge in [0.2, 0.25) is 0 Å². The molecule has 1 heterocycles. The smallest absolute Gasteiger partial charge is 0.0242 e. The highest BCUT2D eigenvalue weighted by Gasteiger charge is 2.10.